The topological polar surface area (TPSA) is 35.5 Å². The van der Waals surface area contributed by atoms with Crippen LogP contribution < -0.4 is 4.74 Å². The fourth-order valence-electron chi connectivity index (χ4n) is 0.945. The van der Waals surface area contributed by atoms with Crippen molar-refractivity contribution in [2.45, 2.75) is 13.0 Å². The molecule has 0 aliphatic carbocycles. The second-order valence-electron chi connectivity index (χ2n) is 2.92. The van der Waals surface area contributed by atoms with E-state index in [1.54, 1.807) is 0 Å². The first kappa shape index (κ1) is 13.3. The fraction of sp³-hybridized carbons (Fsp3) is 0.300. The molecule has 1 aromatic carbocycles. The minimum Gasteiger partial charge on any atom is -0.459 e. The number of hydrogen-bond acceptors (Lipinski definition) is 3. The number of hydrogen-bond donors (Lipinski definition) is 0. The Balaban J connectivity index is 2.82. The quantitative estimate of drug-likeness (QED) is 0.610. The molecule has 3 nitrogen and oxygen atoms in total. The number of ether oxygens (including phenoxy) is 2. The molecule has 1 rings (SSSR count). The molecule has 0 saturated carbocycles. The monoisotopic (exact) mass is 252 g/mol. The highest BCUT2D eigenvalue weighted by atomic mass is 19.3. The molecular formula is C10H8F4O3. The first-order valence-electron chi connectivity index (χ1n) is 4.56. The summed E-state index contributed by atoms with van der Waals surface area (Å²) in [4.78, 5) is 10.8. The van der Waals surface area contributed by atoms with Gasteiger partial charge in [-0.25, -0.2) is 13.6 Å². The van der Waals surface area contributed by atoms with Gasteiger partial charge in [-0.1, -0.05) is 0 Å². The smallest absolute Gasteiger partial charge is 0.459 e. The van der Waals surface area contributed by atoms with E-state index < -0.39 is 29.5 Å². The lowest BCUT2D eigenvalue weighted by molar-refractivity contribution is -0.216. The van der Waals surface area contributed by atoms with Crippen LogP contribution in [0.15, 0.2) is 18.2 Å². The zero-order valence-corrected chi connectivity index (χ0v) is 8.68. The number of carbonyl (C=O) groups is 1. The van der Waals surface area contributed by atoms with Crippen LogP contribution in [0.5, 0.6) is 5.75 Å². The summed E-state index contributed by atoms with van der Waals surface area (Å²) in [5.41, 5.74) is 0. The lowest BCUT2D eigenvalue weighted by Gasteiger charge is -2.15. The van der Waals surface area contributed by atoms with Crippen molar-refractivity contribution in [3.05, 3.63) is 29.8 Å². The summed E-state index contributed by atoms with van der Waals surface area (Å²) >= 11 is 0. The molecule has 0 N–H and O–H groups in total. The van der Waals surface area contributed by atoms with Crippen LogP contribution in [0.4, 0.5) is 17.6 Å². The molecule has 0 heterocycles. The first-order valence-corrected chi connectivity index (χ1v) is 4.56. The Morgan fingerprint density at radius 3 is 2.47 bits per heavy atom. The van der Waals surface area contributed by atoms with E-state index in [9.17, 15) is 22.4 Å². The molecule has 17 heavy (non-hydrogen) atoms. The van der Waals surface area contributed by atoms with Crippen molar-refractivity contribution in [1.82, 2.24) is 0 Å². The molecule has 1 aromatic rings. The van der Waals surface area contributed by atoms with Crippen molar-refractivity contribution in [1.29, 1.82) is 0 Å². The molecule has 0 aliphatic rings. The van der Waals surface area contributed by atoms with Crippen LogP contribution in [-0.2, 0) is 9.53 Å². The van der Waals surface area contributed by atoms with Crippen molar-refractivity contribution in [3.8, 4) is 5.75 Å². The average Bonchev–Trinajstić information content (AvgIpc) is 2.23. The zero-order chi connectivity index (χ0) is 13.1. The Labute approximate surface area is 93.9 Å². The van der Waals surface area contributed by atoms with Crippen molar-refractivity contribution in [2.75, 3.05) is 6.61 Å². The molecule has 0 aliphatic heterocycles. The summed E-state index contributed by atoms with van der Waals surface area (Å²) in [5.74, 6) is -5.15. The summed E-state index contributed by atoms with van der Waals surface area (Å²) in [5, 5.41) is 0. The summed E-state index contributed by atoms with van der Waals surface area (Å²) in [6.07, 6.45) is -4.25. The molecule has 7 heteroatoms. The predicted molar refractivity (Wildman–Crippen MR) is 48.6 cm³/mol. The maximum Gasteiger partial charge on any atom is 0.502 e. The zero-order valence-electron chi connectivity index (χ0n) is 8.68. The predicted octanol–water partition coefficient (Wildman–Crippen LogP) is 2.50. The lowest BCUT2D eigenvalue weighted by atomic mass is 10.3. The van der Waals surface area contributed by atoms with Crippen molar-refractivity contribution >= 4 is 5.97 Å². The van der Waals surface area contributed by atoms with Crippen LogP contribution in [0.2, 0.25) is 0 Å². The van der Waals surface area contributed by atoms with Crippen LogP contribution >= 0.6 is 0 Å². The van der Waals surface area contributed by atoms with Crippen LogP contribution in [0.1, 0.15) is 6.92 Å². The Morgan fingerprint density at radius 2 is 1.94 bits per heavy atom. The summed E-state index contributed by atoms with van der Waals surface area (Å²) < 4.78 is 59.2. The van der Waals surface area contributed by atoms with E-state index in [2.05, 4.69) is 9.47 Å². The van der Waals surface area contributed by atoms with Crippen LogP contribution in [0.3, 0.4) is 0 Å². The number of benzene rings is 1. The van der Waals surface area contributed by atoms with Crippen molar-refractivity contribution < 1.29 is 31.8 Å². The van der Waals surface area contributed by atoms with E-state index in [-0.39, 0.29) is 6.61 Å². The van der Waals surface area contributed by atoms with E-state index in [1.165, 1.54) is 6.92 Å². The molecule has 0 radical (unpaired) electrons. The third kappa shape index (κ3) is 3.33. The van der Waals surface area contributed by atoms with Gasteiger partial charge < -0.3 is 9.47 Å². The molecular weight excluding hydrogens is 244 g/mol. The highest BCUT2D eigenvalue weighted by Crippen LogP contribution is 2.24. The van der Waals surface area contributed by atoms with Gasteiger partial charge in [0.15, 0.2) is 11.6 Å². The summed E-state index contributed by atoms with van der Waals surface area (Å²) in [7, 11) is 0. The minimum atomic E-state index is -4.25. The van der Waals surface area contributed by atoms with Gasteiger partial charge in [0, 0.05) is 6.07 Å². The number of carbonyl (C=O) groups excluding carboxylic acids is 1. The standard InChI is InChI=1S/C10H8F4O3/c1-2-16-9(15)10(13,14)17-6-3-4-7(11)8(12)5-6/h3-5H,2H2,1H3. The number of halogens is 4. The van der Waals surface area contributed by atoms with E-state index in [1.807, 2.05) is 0 Å². The van der Waals surface area contributed by atoms with Gasteiger partial charge in [0.25, 0.3) is 0 Å². The van der Waals surface area contributed by atoms with Crippen molar-refractivity contribution in [3.63, 3.8) is 0 Å². The molecule has 0 spiro atoms. The van der Waals surface area contributed by atoms with Gasteiger partial charge in [-0.2, -0.15) is 8.78 Å². The van der Waals surface area contributed by atoms with Crippen LogP contribution in [0.25, 0.3) is 0 Å². The van der Waals surface area contributed by atoms with Gasteiger partial charge in [0.2, 0.25) is 0 Å². The van der Waals surface area contributed by atoms with Crippen LogP contribution in [0, 0.1) is 11.6 Å². The average molecular weight is 252 g/mol. The van der Waals surface area contributed by atoms with Gasteiger partial charge in [-0.3, -0.25) is 0 Å². The minimum absolute atomic E-state index is 0.254. The maximum absolute atomic E-state index is 13.0. The van der Waals surface area contributed by atoms with Gasteiger partial charge in [0.05, 0.1) is 6.61 Å². The van der Waals surface area contributed by atoms with Gasteiger partial charge in [0.1, 0.15) is 5.75 Å². The molecule has 0 saturated heterocycles. The Hall–Kier alpha value is -1.79. The number of esters is 1. The van der Waals surface area contributed by atoms with E-state index in [0.717, 1.165) is 6.07 Å². The van der Waals surface area contributed by atoms with E-state index >= 15 is 0 Å². The second kappa shape index (κ2) is 5.03. The highest BCUT2D eigenvalue weighted by Gasteiger charge is 2.44. The molecule has 0 aromatic heterocycles. The third-order valence-electron chi connectivity index (χ3n) is 1.65. The van der Waals surface area contributed by atoms with Gasteiger partial charge >= 0.3 is 12.1 Å². The molecule has 0 unspecified atom stereocenters. The summed E-state index contributed by atoms with van der Waals surface area (Å²) in [6.45, 7) is 1.08. The Bertz CT molecular complexity index is 420. The normalized spacial score (nSPS) is 11.1. The largest absolute Gasteiger partial charge is 0.502 e. The molecule has 0 atom stereocenters. The molecule has 0 fully saturated rings. The summed E-state index contributed by atoms with van der Waals surface area (Å²) in [6, 6.07) is 1.78. The van der Waals surface area contributed by atoms with Gasteiger partial charge in [-0.05, 0) is 19.1 Å². The van der Waals surface area contributed by atoms with E-state index in [0.29, 0.717) is 12.1 Å². The van der Waals surface area contributed by atoms with Crippen LogP contribution in [-0.4, -0.2) is 18.7 Å². The third-order valence-corrected chi connectivity index (χ3v) is 1.65. The van der Waals surface area contributed by atoms with Crippen molar-refractivity contribution in [2.24, 2.45) is 0 Å². The fourth-order valence-corrected chi connectivity index (χ4v) is 0.945. The molecule has 94 valence electrons. The number of alkyl halides is 2. The first-order chi connectivity index (χ1) is 7.86. The number of rotatable bonds is 4. The van der Waals surface area contributed by atoms with E-state index in [4.69, 9.17) is 0 Å². The lowest BCUT2D eigenvalue weighted by Crippen LogP contribution is -2.36. The Kier molecular flexibility index (Phi) is 3.93. The highest BCUT2D eigenvalue weighted by molar-refractivity contribution is 5.76. The molecule has 0 bridgehead atoms. The SMILES string of the molecule is CCOC(=O)C(F)(F)Oc1ccc(F)c(F)c1. The van der Waals surface area contributed by atoms with Gasteiger partial charge in [-0.15, -0.1) is 0 Å². The molecule has 0 amide bonds. The maximum atomic E-state index is 13.0. The second-order valence-corrected chi connectivity index (χ2v) is 2.92. The Morgan fingerprint density at radius 1 is 1.29 bits per heavy atom.